The topological polar surface area (TPSA) is 69.9 Å². The van der Waals surface area contributed by atoms with Gasteiger partial charge in [0.05, 0.1) is 29.5 Å². The van der Waals surface area contributed by atoms with E-state index >= 15 is 0 Å². The molecule has 0 fully saturated rings. The molecule has 0 bridgehead atoms. The second-order valence-electron chi connectivity index (χ2n) is 9.28. The first-order valence-electron chi connectivity index (χ1n) is 12.7. The number of thiazole rings is 1. The van der Waals surface area contributed by atoms with E-state index < -0.39 is 12.0 Å². The van der Waals surface area contributed by atoms with Crippen molar-refractivity contribution in [2.45, 2.75) is 19.9 Å². The first-order chi connectivity index (χ1) is 19.0. The normalized spacial score (nSPS) is 15.4. The number of rotatable bonds is 5. The zero-order valence-electron chi connectivity index (χ0n) is 21.8. The molecule has 1 aromatic heterocycles. The van der Waals surface area contributed by atoms with Crippen molar-refractivity contribution in [2.24, 2.45) is 4.99 Å². The van der Waals surface area contributed by atoms with Gasteiger partial charge in [0.15, 0.2) is 4.80 Å². The summed E-state index contributed by atoms with van der Waals surface area (Å²) < 4.78 is 13.2. The highest BCUT2D eigenvalue weighted by Gasteiger charge is 2.35. The van der Waals surface area contributed by atoms with E-state index in [9.17, 15) is 9.59 Å². The van der Waals surface area contributed by atoms with Crippen LogP contribution in [0.2, 0.25) is 0 Å². The van der Waals surface area contributed by atoms with Gasteiger partial charge in [-0.3, -0.25) is 9.36 Å². The molecule has 1 aliphatic rings. The molecule has 0 spiro atoms. The van der Waals surface area contributed by atoms with Gasteiger partial charge < -0.3 is 9.47 Å². The number of nitrogens with zero attached hydrogens (tertiary/aromatic N) is 2. The zero-order chi connectivity index (χ0) is 27.1. The lowest BCUT2D eigenvalue weighted by molar-refractivity contribution is -0.139. The Hall–Kier alpha value is -4.49. The minimum atomic E-state index is -0.733. The maximum absolute atomic E-state index is 14.2. The molecule has 5 aromatic rings. The van der Waals surface area contributed by atoms with Gasteiger partial charge in [-0.15, -0.1) is 0 Å². The fourth-order valence-electron chi connectivity index (χ4n) is 5.31. The van der Waals surface area contributed by atoms with Crippen molar-refractivity contribution in [3.63, 3.8) is 0 Å². The molecule has 0 saturated heterocycles. The minimum Gasteiger partial charge on any atom is -0.496 e. The lowest BCUT2D eigenvalue weighted by Gasteiger charge is -2.25. The highest BCUT2D eigenvalue weighted by Crippen LogP contribution is 2.36. The van der Waals surface area contributed by atoms with Gasteiger partial charge in [0.1, 0.15) is 11.8 Å². The molecular formula is C32H26N2O4S. The average molecular weight is 535 g/mol. The highest BCUT2D eigenvalue weighted by molar-refractivity contribution is 7.07. The van der Waals surface area contributed by atoms with Gasteiger partial charge in [-0.05, 0) is 59.2 Å². The van der Waals surface area contributed by atoms with Gasteiger partial charge >= 0.3 is 5.97 Å². The van der Waals surface area contributed by atoms with Crippen LogP contribution in [-0.4, -0.2) is 24.3 Å². The Labute approximate surface area is 228 Å². The molecule has 6 rings (SSSR count). The van der Waals surface area contributed by atoms with E-state index in [1.54, 1.807) is 25.5 Å². The Kier molecular flexibility index (Phi) is 6.37. The number of esters is 1. The molecule has 0 radical (unpaired) electrons. The summed E-state index contributed by atoms with van der Waals surface area (Å²) in [5.41, 5.74) is 2.30. The van der Waals surface area contributed by atoms with E-state index in [-0.39, 0.29) is 12.2 Å². The van der Waals surface area contributed by atoms with E-state index in [4.69, 9.17) is 14.5 Å². The van der Waals surface area contributed by atoms with E-state index in [1.165, 1.54) is 11.3 Å². The number of carbonyl (C=O) groups is 1. The van der Waals surface area contributed by atoms with Crippen molar-refractivity contribution in [1.82, 2.24) is 4.57 Å². The summed E-state index contributed by atoms with van der Waals surface area (Å²) in [6.07, 6.45) is 1.96. The Morgan fingerprint density at radius 2 is 1.64 bits per heavy atom. The number of fused-ring (bicyclic) bond motifs is 3. The van der Waals surface area contributed by atoms with Crippen LogP contribution in [0.25, 0.3) is 27.6 Å². The highest BCUT2D eigenvalue weighted by atomic mass is 32.1. The molecule has 194 valence electrons. The standard InChI is InChI=1S/C32H26N2O4S/c1-4-38-31(36)28-19(2)33-32-34(29(28)24-15-9-10-16-26(24)37-3)30(35)27(39-32)18-25-22-13-7-5-11-20(22)17-21-12-6-8-14-23(21)25/h5-18,29H,4H2,1-3H3. The molecule has 0 N–H and O–H groups in total. The number of aromatic nitrogens is 1. The van der Waals surface area contributed by atoms with Gasteiger partial charge in [-0.25, -0.2) is 9.79 Å². The molecule has 0 amide bonds. The summed E-state index contributed by atoms with van der Waals surface area (Å²) in [5.74, 6) is 0.0811. The third kappa shape index (κ3) is 4.15. The first kappa shape index (κ1) is 24.8. The van der Waals surface area contributed by atoms with Crippen molar-refractivity contribution in [3.05, 3.63) is 121 Å². The molecule has 0 saturated carbocycles. The van der Waals surface area contributed by atoms with E-state index in [0.717, 1.165) is 27.1 Å². The Morgan fingerprint density at radius 1 is 1.00 bits per heavy atom. The molecule has 4 aromatic carbocycles. The third-order valence-corrected chi connectivity index (χ3v) is 8.02. The monoisotopic (exact) mass is 534 g/mol. The van der Waals surface area contributed by atoms with Gasteiger partial charge in [0.25, 0.3) is 5.56 Å². The molecule has 0 aliphatic carbocycles. The second kappa shape index (κ2) is 10.0. The number of methoxy groups -OCH3 is 1. The largest absolute Gasteiger partial charge is 0.496 e. The maximum Gasteiger partial charge on any atom is 0.338 e. The predicted octanol–water partition coefficient (Wildman–Crippen LogP) is 5.11. The van der Waals surface area contributed by atoms with Crippen molar-refractivity contribution in [2.75, 3.05) is 13.7 Å². The maximum atomic E-state index is 14.2. The number of benzene rings is 4. The van der Waals surface area contributed by atoms with E-state index in [0.29, 0.717) is 31.9 Å². The van der Waals surface area contributed by atoms with Gasteiger partial charge in [0.2, 0.25) is 0 Å². The smallest absolute Gasteiger partial charge is 0.338 e. The quantitative estimate of drug-likeness (QED) is 0.232. The van der Waals surface area contributed by atoms with Crippen LogP contribution in [-0.2, 0) is 9.53 Å². The summed E-state index contributed by atoms with van der Waals surface area (Å²) in [5, 5.41) is 4.32. The number of ether oxygens (including phenoxy) is 2. The molecule has 1 unspecified atom stereocenters. The first-order valence-corrected chi connectivity index (χ1v) is 13.6. The fourth-order valence-corrected chi connectivity index (χ4v) is 6.34. The Bertz CT molecular complexity index is 1930. The number of para-hydroxylation sites is 1. The van der Waals surface area contributed by atoms with Crippen LogP contribution in [0, 0.1) is 0 Å². The second-order valence-corrected chi connectivity index (χ2v) is 10.3. The van der Waals surface area contributed by atoms with Crippen LogP contribution in [0.15, 0.2) is 99.9 Å². The lowest BCUT2D eigenvalue weighted by atomic mass is 9.95. The Balaban J connectivity index is 1.66. The van der Waals surface area contributed by atoms with Crippen LogP contribution in [0.3, 0.4) is 0 Å². The summed E-state index contributed by atoms with van der Waals surface area (Å²) >= 11 is 1.32. The SMILES string of the molecule is CCOC(=O)C1=C(C)N=c2sc(=Cc3c4ccccc4cc4ccccc34)c(=O)n2C1c1ccccc1OC. The van der Waals surface area contributed by atoms with Gasteiger partial charge in [0, 0.05) is 5.56 Å². The third-order valence-electron chi connectivity index (χ3n) is 7.04. The summed E-state index contributed by atoms with van der Waals surface area (Å²) in [4.78, 5) is 32.6. The molecule has 6 nitrogen and oxygen atoms in total. The van der Waals surface area contributed by atoms with Gasteiger partial charge in [-0.1, -0.05) is 78.1 Å². The predicted molar refractivity (Wildman–Crippen MR) is 155 cm³/mol. The minimum absolute atomic E-state index is 0.215. The molecule has 1 atom stereocenters. The van der Waals surface area contributed by atoms with Crippen LogP contribution in [0.4, 0.5) is 0 Å². The van der Waals surface area contributed by atoms with Gasteiger partial charge in [-0.2, -0.15) is 0 Å². The van der Waals surface area contributed by atoms with Crippen LogP contribution < -0.4 is 19.6 Å². The number of carbonyl (C=O) groups excluding carboxylic acids is 1. The fraction of sp³-hybridized carbons (Fsp3) is 0.156. The Morgan fingerprint density at radius 3 is 2.31 bits per heavy atom. The van der Waals surface area contributed by atoms with Crippen LogP contribution in [0.5, 0.6) is 5.75 Å². The number of hydrogen-bond donors (Lipinski definition) is 0. The van der Waals surface area contributed by atoms with Crippen molar-refractivity contribution in [1.29, 1.82) is 0 Å². The number of allylic oxidation sites excluding steroid dienone is 1. The molecule has 2 heterocycles. The molecule has 1 aliphatic heterocycles. The molecule has 7 heteroatoms. The van der Waals surface area contributed by atoms with Crippen LogP contribution >= 0.6 is 11.3 Å². The summed E-state index contributed by atoms with van der Waals surface area (Å²) in [6.45, 7) is 3.76. The van der Waals surface area contributed by atoms with E-state index in [2.05, 4.69) is 30.3 Å². The summed E-state index contributed by atoms with van der Waals surface area (Å²) in [7, 11) is 1.58. The zero-order valence-corrected chi connectivity index (χ0v) is 22.6. The van der Waals surface area contributed by atoms with Crippen molar-refractivity contribution >= 4 is 44.9 Å². The van der Waals surface area contributed by atoms with Crippen LogP contribution in [0.1, 0.15) is 31.0 Å². The number of hydrogen-bond acceptors (Lipinski definition) is 6. The van der Waals surface area contributed by atoms with E-state index in [1.807, 2.05) is 54.6 Å². The molecule has 39 heavy (non-hydrogen) atoms. The average Bonchev–Trinajstić information content (AvgIpc) is 3.26. The van der Waals surface area contributed by atoms with Crippen molar-refractivity contribution in [3.8, 4) is 5.75 Å². The lowest BCUT2D eigenvalue weighted by Crippen LogP contribution is -2.40. The van der Waals surface area contributed by atoms with Crippen molar-refractivity contribution < 1.29 is 14.3 Å². The molecular weight excluding hydrogens is 508 g/mol. The summed E-state index contributed by atoms with van der Waals surface area (Å²) in [6, 6.07) is 25.2.